The van der Waals surface area contributed by atoms with Gasteiger partial charge in [-0.2, -0.15) is 0 Å². The molecule has 1 aromatic heterocycles. The number of carbonyl (C=O) groups is 3. The van der Waals surface area contributed by atoms with Gasteiger partial charge in [-0.05, 0) is 49.6 Å². The monoisotopic (exact) mass is 380 g/mol. The van der Waals surface area contributed by atoms with Crippen molar-refractivity contribution in [3.05, 3.63) is 47.1 Å². The van der Waals surface area contributed by atoms with Crippen molar-refractivity contribution in [2.75, 3.05) is 11.9 Å². The molecule has 3 N–H and O–H groups in total. The fourth-order valence-corrected chi connectivity index (χ4v) is 2.72. The molecule has 0 aliphatic rings. The smallest absolute Gasteiger partial charge is 0.350 e. The maximum absolute atomic E-state index is 12.9. The van der Waals surface area contributed by atoms with Crippen molar-refractivity contribution in [2.45, 2.75) is 19.4 Å². The fourth-order valence-electron chi connectivity index (χ4n) is 1.91. The number of hydrogen-bond donors (Lipinski definition) is 2. The highest BCUT2D eigenvalue weighted by atomic mass is 32.1. The second kappa shape index (κ2) is 7.96. The molecule has 0 aliphatic heterocycles. The molecule has 9 heteroatoms. The number of benzene rings is 1. The van der Waals surface area contributed by atoms with Crippen LogP contribution >= 0.6 is 11.3 Å². The molecule has 7 nitrogen and oxygen atoms in total. The van der Waals surface area contributed by atoms with Gasteiger partial charge in [-0.1, -0.05) is 0 Å². The van der Waals surface area contributed by atoms with Gasteiger partial charge in [0.2, 0.25) is 0 Å². The Morgan fingerprint density at radius 2 is 1.85 bits per heavy atom. The van der Waals surface area contributed by atoms with Crippen molar-refractivity contribution in [1.29, 1.82) is 0 Å². The molecule has 0 fully saturated rings. The number of esters is 1. The number of hydrogen-bond acceptors (Lipinski definition) is 6. The van der Waals surface area contributed by atoms with Gasteiger partial charge in [-0.15, -0.1) is 11.3 Å². The maximum Gasteiger partial charge on any atom is 0.350 e. The van der Waals surface area contributed by atoms with Gasteiger partial charge < -0.3 is 20.5 Å². The van der Waals surface area contributed by atoms with Crippen LogP contribution in [0.3, 0.4) is 0 Å². The lowest BCUT2D eigenvalue weighted by atomic mass is 10.1. The number of nitrogens with one attached hydrogen (secondary N) is 1. The summed E-state index contributed by atoms with van der Waals surface area (Å²) in [5.41, 5.74) is 3.97. The van der Waals surface area contributed by atoms with Gasteiger partial charge in [0.25, 0.3) is 11.8 Å². The predicted molar refractivity (Wildman–Crippen MR) is 93.5 cm³/mol. The van der Waals surface area contributed by atoms with Gasteiger partial charge in [0.15, 0.2) is 12.2 Å². The summed E-state index contributed by atoms with van der Waals surface area (Å²) in [4.78, 5) is 35.3. The number of thiophene rings is 1. The molecular weight excluding hydrogens is 363 g/mol. The average molecular weight is 380 g/mol. The minimum Gasteiger partial charge on any atom is -0.476 e. The lowest BCUT2D eigenvalue weighted by Crippen LogP contribution is -2.41. The van der Waals surface area contributed by atoms with E-state index in [0.717, 1.165) is 11.3 Å². The lowest BCUT2D eigenvalue weighted by molar-refractivity contribution is -0.161. The molecule has 0 bridgehead atoms. The van der Waals surface area contributed by atoms with Crippen LogP contribution in [-0.2, 0) is 14.3 Å². The second-order valence-corrected chi connectivity index (χ2v) is 6.63. The zero-order valence-corrected chi connectivity index (χ0v) is 14.9. The third kappa shape index (κ3) is 5.03. The van der Waals surface area contributed by atoms with Gasteiger partial charge in [0.05, 0.1) is 5.56 Å². The summed E-state index contributed by atoms with van der Waals surface area (Å²) in [5.74, 6) is -2.23. The first kappa shape index (κ1) is 19.4. The van der Waals surface area contributed by atoms with Crippen LogP contribution in [0.15, 0.2) is 35.7 Å². The molecule has 1 heterocycles. The van der Waals surface area contributed by atoms with Crippen LogP contribution < -0.4 is 15.8 Å². The van der Waals surface area contributed by atoms with Gasteiger partial charge in [-0.25, -0.2) is 9.18 Å². The Morgan fingerprint density at radius 3 is 2.46 bits per heavy atom. The summed E-state index contributed by atoms with van der Waals surface area (Å²) >= 11 is 1.12. The summed E-state index contributed by atoms with van der Waals surface area (Å²) < 4.78 is 23.3. The number of primary amides is 1. The van der Waals surface area contributed by atoms with E-state index in [0.29, 0.717) is 0 Å². The lowest BCUT2D eigenvalue weighted by Gasteiger charge is -2.24. The van der Waals surface area contributed by atoms with Crippen molar-refractivity contribution in [1.82, 2.24) is 0 Å². The predicted octanol–water partition coefficient (Wildman–Crippen LogP) is 2.33. The Labute approximate surface area is 152 Å². The van der Waals surface area contributed by atoms with Crippen molar-refractivity contribution < 1.29 is 28.2 Å². The zero-order chi connectivity index (χ0) is 19.3. The van der Waals surface area contributed by atoms with Crippen LogP contribution in [-0.4, -0.2) is 30.0 Å². The molecule has 0 unspecified atom stereocenters. The summed E-state index contributed by atoms with van der Waals surface area (Å²) in [5, 5.41) is 4.33. The van der Waals surface area contributed by atoms with Crippen LogP contribution in [0.25, 0.3) is 0 Å². The van der Waals surface area contributed by atoms with Gasteiger partial charge in [0.1, 0.15) is 16.6 Å². The van der Waals surface area contributed by atoms with E-state index < -0.39 is 35.8 Å². The molecule has 0 saturated carbocycles. The van der Waals surface area contributed by atoms with Crippen LogP contribution in [0.2, 0.25) is 0 Å². The van der Waals surface area contributed by atoms with E-state index in [1.54, 1.807) is 5.38 Å². The molecule has 138 valence electrons. The third-order valence-electron chi connectivity index (χ3n) is 3.20. The van der Waals surface area contributed by atoms with E-state index in [4.69, 9.17) is 15.2 Å². The highest BCUT2D eigenvalue weighted by molar-refractivity contribution is 7.14. The Kier molecular flexibility index (Phi) is 5.93. The number of amides is 2. The van der Waals surface area contributed by atoms with Gasteiger partial charge >= 0.3 is 5.97 Å². The molecule has 2 aromatic rings. The average Bonchev–Trinajstić information content (AvgIpc) is 3.02. The molecule has 26 heavy (non-hydrogen) atoms. The van der Waals surface area contributed by atoms with Crippen molar-refractivity contribution in [2.24, 2.45) is 5.73 Å². The molecule has 0 radical (unpaired) electrons. The Morgan fingerprint density at radius 1 is 1.19 bits per heavy atom. The largest absolute Gasteiger partial charge is 0.476 e. The number of nitrogens with two attached hydrogens (primary N) is 1. The molecule has 0 saturated heterocycles. The molecule has 0 aliphatic carbocycles. The normalized spacial score (nSPS) is 10.9. The van der Waals surface area contributed by atoms with Crippen LogP contribution in [0.4, 0.5) is 9.39 Å². The van der Waals surface area contributed by atoms with E-state index >= 15 is 0 Å². The highest BCUT2D eigenvalue weighted by Crippen LogP contribution is 2.23. The molecule has 0 spiro atoms. The summed E-state index contributed by atoms with van der Waals surface area (Å²) in [7, 11) is 0. The first-order valence-electron chi connectivity index (χ1n) is 7.48. The quantitative estimate of drug-likeness (QED) is 0.717. The molecule has 0 atom stereocenters. The topological polar surface area (TPSA) is 108 Å². The SMILES string of the molecule is CC(C)(Oc1ccc(F)cc1)C(=O)OCC(=O)Nc1sccc1C(N)=O. The first-order chi connectivity index (χ1) is 12.2. The maximum atomic E-state index is 12.9. The number of ether oxygens (including phenoxy) is 2. The van der Waals surface area contributed by atoms with Crippen LogP contribution in [0.5, 0.6) is 5.75 Å². The highest BCUT2D eigenvalue weighted by Gasteiger charge is 2.32. The Hall–Kier alpha value is -2.94. The Bertz CT molecular complexity index is 817. The minimum absolute atomic E-state index is 0.176. The summed E-state index contributed by atoms with van der Waals surface area (Å²) in [6.45, 7) is 2.35. The van der Waals surface area contributed by atoms with E-state index in [-0.39, 0.29) is 16.3 Å². The van der Waals surface area contributed by atoms with E-state index in [1.165, 1.54) is 44.2 Å². The zero-order valence-electron chi connectivity index (χ0n) is 14.1. The third-order valence-corrected chi connectivity index (χ3v) is 4.03. The summed E-state index contributed by atoms with van der Waals surface area (Å²) in [6.07, 6.45) is 0. The molecule has 2 rings (SSSR count). The number of carbonyl (C=O) groups excluding carboxylic acids is 3. The molecular formula is C17H17FN2O5S. The van der Waals surface area contributed by atoms with E-state index in [1.807, 2.05) is 0 Å². The first-order valence-corrected chi connectivity index (χ1v) is 8.36. The minimum atomic E-state index is -1.39. The standard InChI is InChI=1S/C17H17FN2O5S/c1-17(2,25-11-5-3-10(18)4-6-11)16(23)24-9-13(21)20-15-12(14(19)22)7-8-26-15/h3-8H,9H2,1-2H3,(H2,19,22)(H,20,21). The van der Waals surface area contributed by atoms with E-state index in [9.17, 15) is 18.8 Å². The fraction of sp³-hybridized carbons (Fsp3) is 0.235. The van der Waals surface area contributed by atoms with Gasteiger partial charge in [0, 0.05) is 0 Å². The van der Waals surface area contributed by atoms with Crippen molar-refractivity contribution in [3.8, 4) is 5.75 Å². The van der Waals surface area contributed by atoms with E-state index in [2.05, 4.69) is 5.32 Å². The number of halogens is 1. The molecule has 1 aromatic carbocycles. The molecule has 2 amide bonds. The Balaban J connectivity index is 1.90. The number of rotatable bonds is 7. The second-order valence-electron chi connectivity index (χ2n) is 5.72. The van der Waals surface area contributed by atoms with Gasteiger partial charge in [-0.3, -0.25) is 9.59 Å². The summed E-state index contributed by atoms with van der Waals surface area (Å²) in [6, 6.07) is 6.62. The number of anilines is 1. The van der Waals surface area contributed by atoms with Crippen molar-refractivity contribution in [3.63, 3.8) is 0 Å². The van der Waals surface area contributed by atoms with Crippen molar-refractivity contribution >= 4 is 34.1 Å². The van der Waals surface area contributed by atoms with Crippen LogP contribution in [0.1, 0.15) is 24.2 Å². The van der Waals surface area contributed by atoms with Crippen LogP contribution in [0, 0.1) is 5.82 Å².